The van der Waals surface area contributed by atoms with E-state index < -0.39 is 0 Å². The molecule has 0 spiro atoms. The highest BCUT2D eigenvalue weighted by molar-refractivity contribution is 5.78. The number of carbonyl (C=O) groups excluding carboxylic acids is 1. The molecule has 4 heteroatoms. The molecule has 2 aliphatic rings. The van der Waals surface area contributed by atoms with Gasteiger partial charge in [-0.2, -0.15) is 0 Å². The van der Waals surface area contributed by atoms with Gasteiger partial charge in [-0.15, -0.1) is 0 Å². The Kier molecular flexibility index (Phi) is 7.31. The second kappa shape index (κ2) is 9.70. The van der Waals surface area contributed by atoms with Gasteiger partial charge in [-0.05, 0) is 56.8 Å². The first-order valence-electron chi connectivity index (χ1n) is 10.8. The summed E-state index contributed by atoms with van der Waals surface area (Å²) in [7, 11) is 1.98. The zero-order valence-electron chi connectivity index (χ0n) is 17.4. The van der Waals surface area contributed by atoms with Crippen molar-refractivity contribution in [2.24, 2.45) is 11.8 Å². The van der Waals surface area contributed by atoms with Crippen molar-refractivity contribution in [2.75, 3.05) is 39.8 Å². The SMILES string of the molecule is CC(C)CN(C)C(=O)[C@@H]1CCCN(C2CCN(Cc3ccccc3)CC2)C1. The van der Waals surface area contributed by atoms with Crippen molar-refractivity contribution in [3.05, 3.63) is 35.9 Å². The van der Waals surface area contributed by atoms with Crippen molar-refractivity contribution in [3.8, 4) is 0 Å². The van der Waals surface area contributed by atoms with E-state index in [1.165, 1.54) is 38.0 Å². The second-order valence-electron chi connectivity index (χ2n) is 8.94. The Morgan fingerprint density at radius 3 is 2.48 bits per heavy atom. The monoisotopic (exact) mass is 371 g/mol. The molecule has 150 valence electrons. The molecule has 0 aromatic heterocycles. The molecule has 0 bridgehead atoms. The van der Waals surface area contributed by atoms with Gasteiger partial charge in [0.15, 0.2) is 0 Å². The minimum Gasteiger partial charge on any atom is -0.345 e. The summed E-state index contributed by atoms with van der Waals surface area (Å²) in [5.74, 6) is 1.09. The first-order valence-corrected chi connectivity index (χ1v) is 10.8. The zero-order chi connectivity index (χ0) is 19.2. The fraction of sp³-hybridized carbons (Fsp3) is 0.696. The topological polar surface area (TPSA) is 26.8 Å². The molecule has 0 unspecified atom stereocenters. The highest BCUT2D eigenvalue weighted by atomic mass is 16.2. The molecule has 2 heterocycles. The van der Waals surface area contributed by atoms with Crippen LogP contribution in [0.5, 0.6) is 0 Å². The van der Waals surface area contributed by atoms with Crippen molar-refractivity contribution in [1.82, 2.24) is 14.7 Å². The predicted molar refractivity (Wildman–Crippen MR) is 112 cm³/mol. The van der Waals surface area contributed by atoms with Crippen molar-refractivity contribution in [1.29, 1.82) is 0 Å². The van der Waals surface area contributed by atoms with Gasteiger partial charge in [0.05, 0.1) is 5.92 Å². The lowest BCUT2D eigenvalue weighted by Gasteiger charge is -2.42. The lowest BCUT2D eigenvalue weighted by molar-refractivity contribution is -0.137. The molecule has 0 N–H and O–H groups in total. The number of piperidine rings is 2. The van der Waals surface area contributed by atoms with Gasteiger partial charge in [0.25, 0.3) is 0 Å². The smallest absolute Gasteiger partial charge is 0.226 e. The van der Waals surface area contributed by atoms with Gasteiger partial charge in [0.2, 0.25) is 5.91 Å². The quantitative estimate of drug-likeness (QED) is 0.766. The van der Waals surface area contributed by atoms with Gasteiger partial charge < -0.3 is 4.90 Å². The third-order valence-electron chi connectivity index (χ3n) is 6.14. The summed E-state index contributed by atoms with van der Waals surface area (Å²) in [5.41, 5.74) is 1.41. The minimum absolute atomic E-state index is 0.199. The maximum Gasteiger partial charge on any atom is 0.226 e. The van der Waals surface area contributed by atoms with Crippen LogP contribution in [0.4, 0.5) is 0 Å². The van der Waals surface area contributed by atoms with E-state index in [4.69, 9.17) is 0 Å². The standard InChI is InChI=1S/C23H37N3O/c1-19(2)16-24(3)23(27)21-10-7-13-26(18-21)22-11-14-25(15-12-22)17-20-8-5-4-6-9-20/h4-6,8-9,19,21-22H,7,10-18H2,1-3H3/t21-/m1/s1. The normalized spacial score (nSPS) is 22.9. The van der Waals surface area contributed by atoms with E-state index in [1.54, 1.807) is 0 Å². The Morgan fingerprint density at radius 1 is 1.11 bits per heavy atom. The maximum absolute atomic E-state index is 12.8. The van der Waals surface area contributed by atoms with Crippen molar-refractivity contribution < 1.29 is 4.79 Å². The lowest BCUT2D eigenvalue weighted by atomic mass is 9.92. The third-order valence-corrected chi connectivity index (χ3v) is 6.14. The van der Waals surface area contributed by atoms with Crippen LogP contribution in [0.1, 0.15) is 45.1 Å². The summed E-state index contributed by atoms with van der Waals surface area (Å²) in [5, 5.41) is 0. The predicted octanol–water partition coefficient (Wildman–Crippen LogP) is 3.48. The number of hydrogen-bond donors (Lipinski definition) is 0. The molecule has 4 nitrogen and oxygen atoms in total. The fourth-order valence-corrected chi connectivity index (χ4v) is 4.77. The maximum atomic E-state index is 12.8. The van der Waals surface area contributed by atoms with E-state index in [1.807, 2.05) is 11.9 Å². The summed E-state index contributed by atoms with van der Waals surface area (Å²) < 4.78 is 0. The van der Waals surface area contributed by atoms with Crippen LogP contribution in [-0.4, -0.2) is 66.4 Å². The summed E-state index contributed by atoms with van der Waals surface area (Å²) in [4.78, 5) is 20.0. The van der Waals surface area contributed by atoms with E-state index in [2.05, 4.69) is 54.0 Å². The van der Waals surface area contributed by atoms with Crippen molar-refractivity contribution in [3.63, 3.8) is 0 Å². The van der Waals surface area contributed by atoms with E-state index in [-0.39, 0.29) is 5.92 Å². The Morgan fingerprint density at radius 2 is 1.81 bits per heavy atom. The first-order chi connectivity index (χ1) is 13.0. The molecule has 1 atom stereocenters. The Balaban J connectivity index is 1.47. The van der Waals surface area contributed by atoms with Crippen LogP contribution in [0.25, 0.3) is 0 Å². The average molecular weight is 372 g/mol. The number of benzene rings is 1. The van der Waals surface area contributed by atoms with Crippen molar-refractivity contribution in [2.45, 2.75) is 52.1 Å². The summed E-state index contributed by atoms with van der Waals surface area (Å²) in [6.45, 7) is 10.8. The molecule has 1 amide bonds. The number of rotatable bonds is 6. The molecule has 3 rings (SSSR count). The average Bonchev–Trinajstić information content (AvgIpc) is 2.68. The number of nitrogens with zero attached hydrogens (tertiary/aromatic N) is 3. The number of amides is 1. The van der Waals surface area contributed by atoms with Crippen LogP contribution < -0.4 is 0 Å². The van der Waals surface area contributed by atoms with E-state index in [0.717, 1.165) is 32.5 Å². The molecule has 2 fully saturated rings. The minimum atomic E-state index is 0.199. The Bertz CT molecular complexity index is 581. The first kappa shape index (κ1) is 20.3. The largest absolute Gasteiger partial charge is 0.345 e. The molecule has 1 aromatic rings. The van der Waals surface area contributed by atoms with Crippen LogP contribution in [0.15, 0.2) is 30.3 Å². The summed E-state index contributed by atoms with van der Waals surface area (Å²) >= 11 is 0. The second-order valence-corrected chi connectivity index (χ2v) is 8.94. The van der Waals surface area contributed by atoms with Crippen LogP contribution in [0.2, 0.25) is 0 Å². The van der Waals surface area contributed by atoms with Gasteiger partial charge in [-0.1, -0.05) is 44.2 Å². The third kappa shape index (κ3) is 5.79. The molecule has 0 aliphatic carbocycles. The summed E-state index contributed by atoms with van der Waals surface area (Å²) in [6.07, 6.45) is 4.69. The van der Waals surface area contributed by atoms with Gasteiger partial charge in [-0.3, -0.25) is 14.6 Å². The van der Waals surface area contributed by atoms with E-state index in [0.29, 0.717) is 17.9 Å². The molecule has 1 aromatic carbocycles. The van der Waals surface area contributed by atoms with Crippen LogP contribution >= 0.6 is 0 Å². The molecular formula is C23H37N3O. The van der Waals surface area contributed by atoms with Gasteiger partial charge in [0, 0.05) is 32.7 Å². The molecule has 2 saturated heterocycles. The molecule has 27 heavy (non-hydrogen) atoms. The Labute approximate surface area is 165 Å². The molecular weight excluding hydrogens is 334 g/mol. The van der Waals surface area contributed by atoms with Crippen LogP contribution in [0, 0.1) is 11.8 Å². The van der Waals surface area contributed by atoms with Crippen molar-refractivity contribution >= 4 is 5.91 Å². The highest BCUT2D eigenvalue weighted by Crippen LogP contribution is 2.25. The van der Waals surface area contributed by atoms with Gasteiger partial charge in [-0.25, -0.2) is 0 Å². The molecule has 2 aliphatic heterocycles. The van der Waals surface area contributed by atoms with Crippen LogP contribution in [-0.2, 0) is 11.3 Å². The number of hydrogen-bond acceptors (Lipinski definition) is 3. The number of carbonyl (C=O) groups is 1. The molecule has 0 radical (unpaired) electrons. The number of likely N-dealkylation sites (tertiary alicyclic amines) is 2. The van der Waals surface area contributed by atoms with Crippen LogP contribution in [0.3, 0.4) is 0 Å². The molecule has 0 saturated carbocycles. The Hall–Kier alpha value is -1.39. The van der Waals surface area contributed by atoms with Gasteiger partial charge in [0.1, 0.15) is 0 Å². The van der Waals surface area contributed by atoms with E-state index >= 15 is 0 Å². The van der Waals surface area contributed by atoms with Gasteiger partial charge >= 0.3 is 0 Å². The van der Waals surface area contributed by atoms with E-state index in [9.17, 15) is 4.79 Å². The summed E-state index contributed by atoms with van der Waals surface area (Å²) in [6, 6.07) is 11.4. The zero-order valence-corrected chi connectivity index (χ0v) is 17.4. The fourth-order valence-electron chi connectivity index (χ4n) is 4.77. The highest BCUT2D eigenvalue weighted by Gasteiger charge is 2.32. The lowest BCUT2D eigenvalue weighted by Crippen LogP contribution is -2.51.